The van der Waals surface area contributed by atoms with Gasteiger partial charge in [-0.15, -0.1) is 0 Å². The van der Waals surface area contributed by atoms with Gasteiger partial charge in [-0.1, -0.05) is 6.58 Å². The van der Waals surface area contributed by atoms with Crippen LogP contribution in [0.3, 0.4) is 0 Å². The molecule has 0 aliphatic carbocycles. The molecule has 0 N–H and O–H groups in total. The van der Waals surface area contributed by atoms with Gasteiger partial charge in [0.15, 0.2) is 0 Å². The van der Waals surface area contributed by atoms with Gasteiger partial charge in [0.1, 0.15) is 0 Å². The lowest BCUT2D eigenvalue weighted by Gasteiger charge is -2.38. The third-order valence-corrected chi connectivity index (χ3v) is 6.72. The molecular formula is C26H35N5O2. The number of likely N-dealkylation sites (tertiary alicyclic amines) is 1. The number of nitrogens with zero attached hydrogens (tertiary/aromatic N) is 5. The van der Waals surface area contributed by atoms with Gasteiger partial charge >= 0.3 is 5.97 Å². The highest BCUT2D eigenvalue weighted by Gasteiger charge is 2.26. The van der Waals surface area contributed by atoms with Crippen molar-refractivity contribution in [1.82, 2.24) is 24.0 Å². The number of carbonyl (C=O) groups excluding carboxylic acids is 1. The SMILES string of the molecule is C=C(c1c(C)c(C(=O)OC(C)C)cc2c(-c3ccnn3C)ccn12)N1CCC(N(C)C)CC1. The monoisotopic (exact) mass is 449 g/mol. The Morgan fingerprint density at radius 1 is 1.24 bits per heavy atom. The molecule has 33 heavy (non-hydrogen) atoms. The van der Waals surface area contributed by atoms with E-state index in [1.54, 1.807) is 6.20 Å². The minimum absolute atomic E-state index is 0.187. The van der Waals surface area contributed by atoms with Gasteiger partial charge in [-0.3, -0.25) is 4.68 Å². The molecule has 7 heteroatoms. The van der Waals surface area contributed by atoms with Crippen molar-refractivity contribution in [2.45, 2.75) is 45.8 Å². The fraction of sp³-hybridized carbons (Fsp3) is 0.462. The van der Waals surface area contributed by atoms with Gasteiger partial charge in [-0.2, -0.15) is 5.10 Å². The van der Waals surface area contributed by atoms with E-state index in [1.807, 2.05) is 44.6 Å². The van der Waals surface area contributed by atoms with Gasteiger partial charge in [-0.25, -0.2) is 4.79 Å². The molecule has 1 saturated heterocycles. The first kappa shape index (κ1) is 23.1. The van der Waals surface area contributed by atoms with Crippen LogP contribution in [0, 0.1) is 6.92 Å². The topological polar surface area (TPSA) is 55.0 Å². The summed E-state index contributed by atoms with van der Waals surface area (Å²) in [6.45, 7) is 12.1. The maximum Gasteiger partial charge on any atom is 0.338 e. The Hall–Kier alpha value is -3.06. The molecule has 4 rings (SSSR count). The lowest BCUT2D eigenvalue weighted by Crippen LogP contribution is -2.41. The summed E-state index contributed by atoms with van der Waals surface area (Å²) in [7, 11) is 6.22. The largest absolute Gasteiger partial charge is 0.459 e. The van der Waals surface area contributed by atoms with Crippen LogP contribution in [0.2, 0.25) is 0 Å². The zero-order chi connectivity index (χ0) is 23.9. The van der Waals surface area contributed by atoms with Crippen LogP contribution < -0.4 is 0 Å². The summed E-state index contributed by atoms with van der Waals surface area (Å²) >= 11 is 0. The summed E-state index contributed by atoms with van der Waals surface area (Å²) in [5, 5.41) is 4.33. The predicted molar refractivity (Wildman–Crippen MR) is 132 cm³/mol. The maximum atomic E-state index is 13.1. The van der Waals surface area contributed by atoms with Crippen molar-refractivity contribution >= 4 is 17.2 Å². The molecule has 176 valence electrons. The third-order valence-electron chi connectivity index (χ3n) is 6.72. The second-order valence-corrected chi connectivity index (χ2v) is 9.44. The molecule has 3 aromatic heterocycles. The molecule has 0 saturated carbocycles. The van der Waals surface area contributed by atoms with Crippen molar-refractivity contribution in [3.05, 3.63) is 54.0 Å². The van der Waals surface area contributed by atoms with E-state index >= 15 is 0 Å². The first-order chi connectivity index (χ1) is 15.7. The van der Waals surface area contributed by atoms with E-state index in [1.165, 1.54) is 0 Å². The Bertz CT molecular complexity index is 1180. The van der Waals surface area contributed by atoms with Crippen LogP contribution in [-0.2, 0) is 11.8 Å². The number of pyridine rings is 1. The molecule has 0 amide bonds. The summed E-state index contributed by atoms with van der Waals surface area (Å²) < 4.78 is 9.61. The number of esters is 1. The minimum Gasteiger partial charge on any atom is -0.459 e. The number of piperidine rings is 1. The summed E-state index contributed by atoms with van der Waals surface area (Å²) in [4.78, 5) is 17.7. The van der Waals surface area contributed by atoms with E-state index in [4.69, 9.17) is 4.74 Å². The summed E-state index contributed by atoms with van der Waals surface area (Å²) in [6, 6.07) is 6.60. The number of aromatic nitrogens is 3. The second kappa shape index (κ2) is 9.06. The van der Waals surface area contributed by atoms with Gasteiger partial charge in [0.25, 0.3) is 0 Å². The van der Waals surface area contributed by atoms with Crippen molar-refractivity contribution in [3.8, 4) is 11.3 Å². The Morgan fingerprint density at radius 3 is 2.52 bits per heavy atom. The minimum atomic E-state index is -0.303. The van der Waals surface area contributed by atoms with Crippen LogP contribution in [0.15, 0.2) is 37.2 Å². The van der Waals surface area contributed by atoms with Crippen molar-refractivity contribution in [2.75, 3.05) is 27.2 Å². The Balaban J connectivity index is 1.83. The number of fused-ring (bicyclic) bond motifs is 1. The van der Waals surface area contributed by atoms with Gasteiger partial charge in [0.05, 0.1) is 34.3 Å². The maximum absolute atomic E-state index is 13.1. The van der Waals surface area contributed by atoms with Crippen LogP contribution in [0.1, 0.15) is 48.3 Å². The van der Waals surface area contributed by atoms with Crippen molar-refractivity contribution in [3.63, 3.8) is 0 Å². The number of hydrogen-bond donors (Lipinski definition) is 0. The van der Waals surface area contributed by atoms with Gasteiger partial charge in [-0.05, 0) is 71.5 Å². The smallest absolute Gasteiger partial charge is 0.338 e. The van der Waals surface area contributed by atoms with E-state index in [9.17, 15) is 4.79 Å². The van der Waals surface area contributed by atoms with Crippen molar-refractivity contribution in [2.24, 2.45) is 7.05 Å². The lowest BCUT2D eigenvalue weighted by molar-refractivity contribution is 0.0377. The molecule has 0 unspecified atom stereocenters. The number of rotatable bonds is 6. The summed E-state index contributed by atoms with van der Waals surface area (Å²) in [5.74, 6) is -0.303. The van der Waals surface area contributed by atoms with Crippen LogP contribution >= 0.6 is 0 Å². The zero-order valence-electron chi connectivity index (χ0n) is 20.6. The number of hydrogen-bond acceptors (Lipinski definition) is 5. The fourth-order valence-corrected chi connectivity index (χ4v) is 4.84. The molecule has 1 aliphatic rings. The van der Waals surface area contributed by atoms with E-state index < -0.39 is 0 Å². The highest BCUT2D eigenvalue weighted by Crippen LogP contribution is 2.34. The van der Waals surface area contributed by atoms with E-state index in [2.05, 4.69) is 52.2 Å². The molecule has 7 nitrogen and oxygen atoms in total. The van der Waals surface area contributed by atoms with Crippen LogP contribution in [0.25, 0.3) is 22.5 Å². The highest BCUT2D eigenvalue weighted by molar-refractivity contribution is 5.96. The summed E-state index contributed by atoms with van der Waals surface area (Å²) in [6.07, 6.45) is 5.85. The highest BCUT2D eigenvalue weighted by atomic mass is 16.5. The first-order valence-corrected chi connectivity index (χ1v) is 11.6. The number of carbonyl (C=O) groups is 1. The molecule has 1 fully saturated rings. The third kappa shape index (κ3) is 4.29. The number of aryl methyl sites for hydroxylation is 1. The van der Waals surface area contributed by atoms with Gasteiger partial charge < -0.3 is 18.9 Å². The Morgan fingerprint density at radius 2 is 1.94 bits per heavy atom. The summed E-state index contributed by atoms with van der Waals surface area (Å²) in [5.41, 5.74) is 6.33. The standard InChI is InChI=1S/C26H35N5O2/c1-17(2)33-26(32)22-16-24-21(23-8-12-27-29(23)7)11-15-31(24)25(18(22)3)19(4)30-13-9-20(10-14-30)28(5)6/h8,11-12,15-17,20H,4,9-10,13-14H2,1-3,5-7H3. The van der Waals surface area contributed by atoms with E-state index in [0.717, 1.165) is 59.7 Å². The fourth-order valence-electron chi connectivity index (χ4n) is 4.84. The van der Waals surface area contributed by atoms with Gasteiger partial charge in [0, 0.05) is 44.1 Å². The molecular weight excluding hydrogens is 414 g/mol. The average Bonchev–Trinajstić information content (AvgIpc) is 3.37. The van der Waals surface area contributed by atoms with Crippen LogP contribution in [0.4, 0.5) is 0 Å². The predicted octanol–water partition coefficient (Wildman–Crippen LogP) is 4.21. The van der Waals surface area contributed by atoms with E-state index in [-0.39, 0.29) is 12.1 Å². The Labute approximate surface area is 196 Å². The van der Waals surface area contributed by atoms with E-state index in [0.29, 0.717) is 11.6 Å². The average molecular weight is 450 g/mol. The number of ether oxygens (including phenoxy) is 1. The Kier molecular flexibility index (Phi) is 6.34. The molecule has 0 spiro atoms. The van der Waals surface area contributed by atoms with Crippen LogP contribution in [0.5, 0.6) is 0 Å². The lowest BCUT2D eigenvalue weighted by atomic mass is 10.00. The molecule has 4 heterocycles. The van der Waals surface area contributed by atoms with Crippen molar-refractivity contribution < 1.29 is 9.53 Å². The van der Waals surface area contributed by atoms with Crippen LogP contribution in [-0.4, -0.2) is 69.3 Å². The first-order valence-electron chi connectivity index (χ1n) is 11.6. The molecule has 0 bridgehead atoms. The quantitative estimate of drug-likeness (QED) is 0.528. The second-order valence-electron chi connectivity index (χ2n) is 9.44. The molecule has 3 aromatic rings. The van der Waals surface area contributed by atoms with Crippen molar-refractivity contribution in [1.29, 1.82) is 0 Å². The van der Waals surface area contributed by atoms with Gasteiger partial charge in [0.2, 0.25) is 0 Å². The molecule has 1 aliphatic heterocycles. The zero-order valence-corrected chi connectivity index (χ0v) is 20.6. The molecule has 0 atom stereocenters. The molecule has 0 radical (unpaired) electrons. The molecule has 0 aromatic carbocycles. The normalized spacial score (nSPS) is 15.1.